The first-order valence-electron chi connectivity index (χ1n) is 9.56. The average Bonchev–Trinajstić information content (AvgIpc) is 3.29. The first-order chi connectivity index (χ1) is 12.0. The van der Waals surface area contributed by atoms with E-state index in [1.54, 1.807) is 19.1 Å². The summed E-state index contributed by atoms with van der Waals surface area (Å²) in [6, 6.07) is 3.43. The zero-order valence-electron chi connectivity index (χ0n) is 15.2. The van der Waals surface area contributed by atoms with E-state index in [9.17, 15) is 9.90 Å². The molecule has 1 atom stereocenters. The largest absolute Gasteiger partial charge is 0.466 e. The maximum absolute atomic E-state index is 12.1. The maximum atomic E-state index is 12.1. The molecule has 25 heavy (non-hydrogen) atoms. The number of carbonyl (C=O) groups excluding carboxylic acids is 1. The average molecular weight is 349 g/mol. The summed E-state index contributed by atoms with van der Waals surface area (Å²) in [6.07, 6.45) is 9.06. The lowest BCUT2D eigenvalue weighted by molar-refractivity contribution is 0.0365. The fraction of sp³-hybridized carbons (Fsp3) is 0.737. The van der Waals surface area contributed by atoms with Gasteiger partial charge in [-0.15, -0.1) is 0 Å². The molecule has 0 spiro atoms. The third kappa shape index (κ3) is 5.22. The molecular formula is C19H31N3O3. The van der Waals surface area contributed by atoms with Crippen LogP contribution in [0.4, 0.5) is 4.79 Å². The fourth-order valence-electron chi connectivity index (χ4n) is 3.98. The Bertz CT molecular complexity index is 530. The molecule has 1 aliphatic heterocycles. The van der Waals surface area contributed by atoms with Crippen LogP contribution >= 0.6 is 0 Å². The van der Waals surface area contributed by atoms with E-state index in [-0.39, 0.29) is 18.6 Å². The van der Waals surface area contributed by atoms with Crippen LogP contribution in [-0.2, 0) is 5.60 Å². The predicted molar refractivity (Wildman–Crippen MR) is 96.2 cm³/mol. The Labute approximate surface area is 150 Å². The quantitative estimate of drug-likeness (QED) is 0.737. The van der Waals surface area contributed by atoms with Crippen molar-refractivity contribution in [1.29, 1.82) is 0 Å². The highest BCUT2D eigenvalue weighted by molar-refractivity contribution is 5.74. The Morgan fingerprint density at radius 3 is 2.68 bits per heavy atom. The number of urea groups is 1. The zero-order chi connectivity index (χ0) is 17.7. The standard InChI is InChI=1S/C19H31N3O3/c1-19(24,17-7-4-12-25-17)14-20-18(23)21-16-8-10-22(11-9-16)13-15-5-2-3-6-15/h4,7,12,15-16,24H,2-3,5-6,8-11,13-14H2,1H3,(H2,20,21,23). The summed E-state index contributed by atoms with van der Waals surface area (Å²) >= 11 is 0. The Morgan fingerprint density at radius 1 is 1.32 bits per heavy atom. The van der Waals surface area contributed by atoms with Crippen LogP contribution < -0.4 is 10.6 Å². The van der Waals surface area contributed by atoms with Crippen LogP contribution in [0.15, 0.2) is 22.8 Å². The highest BCUT2D eigenvalue weighted by Gasteiger charge is 2.28. The van der Waals surface area contributed by atoms with Crippen LogP contribution in [-0.4, -0.2) is 48.3 Å². The SMILES string of the molecule is CC(O)(CNC(=O)NC1CCN(CC2CCCC2)CC1)c1ccco1. The van der Waals surface area contributed by atoms with Crippen molar-refractivity contribution in [2.45, 2.75) is 57.1 Å². The first-order valence-corrected chi connectivity index (χ1v) is 9.56. The molecule has 1 aliphatic carbocycles. The normalized spacial score (nSPS) is 22.6. The van der Waals surface area contributed by atoms with Gasteiger partial charge in [-0.25, -0.2) is 4.79 Å². The highest BCUT2D eigenvalue weighted by atomic mass is 16.4. The van der Waals surface area contributed by atoms with E-state index in [2.05, 4.69) is 15.5 Å². The van der Waals surface area contributed by atoms with E-state index in [0.29, 0.717) is 5.76 Å². The van der Waals surface area contributed by atoms with Gasteiger partial charge >= 0.3 is 6.03 Å². The third-order valence-corrected chi connectivity index (χ3v) is 5.56. The van der Waals surface area contributed by atoms with E-state index in [1.165, 1.54) is 38.5 Å². The lowest BCUT2D eigenvalue weighted by atomic mass is 10.0. The molecule has 140 valence electrons. The lowest BCUT2D eigenvalue weighted by Crippen LogP contribution is -2.50. The number of rotatable bonds is 6. The molecule has 0 radical (unpaired) electrons. The second kappa shape index (κ2) is 8.23. The van der Waals surface area contributed by atoms with Gasteiger partial charge in [0.1, 0.15) is 11.4 Å². The van der Waals surface area contributed by atoms with E-state index in [0.717, 1.165) is 31.8 Å². The molecule has 1 aromatic rings. The summed E-state index contributed by atoms with van der Waals surface area (Å²) in [5, 5.41) is 16.1. The van der Waals surface area contributed by atoms with Gasteiger partial charge in [0.05, 0.1) is 12.8 Å². The molecule has 6 nitrogen and oxygen atoms in total. The first kappa shape index (κ1) is 18.3. The number of carbonyl (C=O) groups is 1. The Hall–Kier alpha value is -1.53. The summed E-state index contributed by atoms with van der Waals surface area (Å²) in [5.41, 5.74) is -1.20. The summed E-state index contributed by atoms with van der Waals surface area (Å²) < 4.78 is 5.22. The zero-order valence-corrected chi connectivity index (χ0v) is 15.2. The molecule has 2 amide bonds. The summed E-state index contributed by atoms with van der Waals surface area (Å²) in [6.45, 7) is 5.10. The van der Waals surface area contributed by atoms with Crippen molar-refractivity contribution in [2.24, 2.45) is 5.92 Å². The van der Waals surface area contributed by atoms with Gasteiger partial charge in [0.25, 0.3) is 0 Å². The van der Waals surface area contributed by atoms with Gasteiger partial charge < -0.3 is 25.1 Å². The monoisotopic (exact) mass is 349 g/mol. The van der Waals surface area contributed by atoms with Crippen molar-refractivity contribution in [3.8, 4) is 0 Å². The number of nitrogens with one attached hydrogen (secondary N) is 2. The van der Waals surface area contributed by atoms with Crippen molar-refractivity contribution < 1.29 is 14.3 Å². The van der Waals surface area contributed by atoms with Gasteiger partial charge in [-0.1, -0.05) is 12.8 Å². The molecule has 2 aliphatic rings. The summed E-state index contributed by atoms with van der Waals surface area (Å²) in [7, 11) is 0. The summed E-state index contributed by atoms with van der Waals surface area (Å²) in [4.78, 5) is 14.7. The second-order valence-corrected chi connectivity index (χ2v) is 7.80. The Balaban J connectivity index is 1.35. The number of aliphatic hydroxyl groups is 1. The van der Waals surface area contributed by atoms with E-state index >= 15 is 0 Å². The van der Waals surface area contributed by atoms with Crippen molar-refractivity contribution >= 4 is 6.03 Å². The third-order valence-electron chi connectivity index (χ3n) is 5.56. The Kier molecular flexibility index (Phi) is 6.02. The van der Waals surface area contributed by atoms with Gasteiger partial charge in [0, 0.05) is 25.7 Å². The van der Waals surface area contributed by atoms with Crippen LogP contribution in [0.25, 0.3) is 0 Å². The molecule has 6 heteroatoms. The summed E-state index contributed by atoms with van der Waals surface area (Å²) in [5.74, 6) is 1.34. The molecule has 0 bridgehead atoms. The van der Waals surface area contributed by atoms with Crippen LogP contribution in [0, 0.1) is 5.92 Å². The van der Waals surface area contributed by atoms with E-state index in [4.69, 9.17) is 4.42 Å². The highest BCUT2D eigenvalue weighted by Crippen LogP contribution is 2.26. The van der Waals surface area contributed by atoms with Crippen molar-refractivity contribution in [3.05, 3.63) is 24.2 Å². The molecule has 2 heterocycles. The molecule has 3 N–H and O–H groups in total. The van der Waals surface area contributed by atoms with Gasteiger partial charge in [-0.2, -0.15) is 0 Å². The van der Waals surface area contributed by atoms with Crippen LogP contribution in [0.3, 0.4) is 0 Å². The molecule has 2 fully saturated rings. The molecule has 1 unspecified atom stereocenters. The smallest absolute Gasteiger partial charge is 0.315 e. The number of piperidine rings is 1. The number of likely N-dealkylation sites (tertiary alicyclic amines) is 1. The van der Waals surface area contributed by atoms with E-state index < -0.39 is 5.60 Å². The minimum absolute atomic E-state index is 0.118. The van der Waals surface area contributed by atoms with Crippen LogP contribution in [0.1, 0.15) is 51.2 Å². The molecular weight excluding hydrogens is 318 g/mol. The minimum atomic E-state index is -1.20. The van der Waals surface area contributed by atoms with Crippen molar-refractivity contribution in [1.82, 2.24) is 15.5 Å². The Morgan fingerprint density at radius 2 is 2.04 bits per heavy atom. The topological polar surface area (TPSA) is 77.7 Å². The van der Waals surface area contributed by atoms with E-state index in [1.807, 2.05) is 0 Å². The van der Waals surface area contributed by atoms with Crippen LogP contribution in [0.2, 0.25) is 0 Å². The van der Waals surface area contributed by atoms with Gasteiger partial charge in [0.2, 0.25) is 0 Å². The van der Waals surface area contributed by atoms with Gasteiger partial charge in [0.15, 0.2) is 0 Å². The second-order valence-electron chi connectivity index (χ2n) is 7.80. The number of hydrogen-bond donors (Lipinski definition) is 3. The van der Waals surface area contributed by atoms with Crippen molar-refractivity contribution in [3.63, 3.8) is 0 Å². The number of amides is 2. The van der Waals surface area contributed by atoms with Crippen molar-refractivity contribution in [2.75, 3.05) is 26.2 Å². The molecule has 1 saturated heterocycles. The minimum Gasteiger partial charge on any atom is -0.466 e. The maximum Gasteiger partial charge on any atom is 0.315 e. The number of nitrogens with zero attached hydrogens (tertiary/aromatic N) is 1. The molecule has 0 aromatic carbocycles. The lowest BCUT2D eigenvalue weighted by Gasteiger charge is -2.34. The molecule has 3 rings (SSSR count). The predicted octanol–water partition coefficient (Wildman–Crippen LogP) is 2.44. The van der Waals surface area contributed by atoms with Gasteiger partial charge in [-0.05, 0) is 50.7 Å². The fourth-order valence-corrected chi connectivity index (χ4v) is 3.98. The van der Waals surface area contributed by atoms with Crippen LogP contribution in [0.5, 0.6) is 0 Å². The number of furan rings is 1. The number of hydrogen-bond acceptors (Lipinski definition) is 4. The molecule has 1 aromatic heterocycles. The van der Waals surface area contributed by atoms with Gasteiger partial charge in [-0.3, -0.25) is 0 Å². The molecule has 1 saturated carbocycles.